The number of fused-ring (bicyclic) bond motifs is 1. The number of hydrogen-bond donors (Lipinski definition) is 4. The first-order valence-corrected chi connectivity index (χ1v) is 13.3. The lowest BCUT2D eigenvalue weighted by Crippen LogP contribution is -2.38. The van der Waals surface area contributed by atoms with Gasteiger partial charge in [0.25, 0.3) is 17.6 Å². The number of aromatic nitrogens is 5. The van der Waals surface area contributed by atoms with Crippen LogP contribution in [0.3, 0.4) is 0 Å². The molecule has 1 aromatic carbocycles. The average Bonchev–Trinajstić information content (AvgIpc) is 3.19. The third kappa shape index (κ3) is 6.40. The Hall–Kier alpha value is -4.65. The van der Waals surface area contributed by atoms with E-state index in [1.165, 1.54) is 4.90 Å². The Balaban J connectivity index is 1.49. The van der Waals surface area contributed by atoms with Gasteiger partial charge in [0.15, 0.2) is 40.1 Å². The number of benzene rings is 1. The Morgan fingerprint density at radius 3 is 2.66 bits per heavy atom. The van der Waals surface area contributed by atoms with Gasteiger partial charge < -0.3 is 31.5 Å². The summed E-state index contributed by atoms with van der Waals surface area (Å²) in [5.74, 6) is 0.401. The highest BCUT2D eigenvalue weighted by Gasteiger charge is 2.25. The summed E-state index contributed by atoms with van der Waals surface area (Å²) >= 11 is 5.93. The van der Waals surface area contributed by atoms with Crippen molar-refractivity contribution in [3.05, 3.63) is 58.4 Å². The number of rotatable bonds is 10. The van der Waals surface area contributed by atoms with Crippen LogP contribution in [0.5, 0.6) is 11.5 Å². The van der Waals surface area contributed by atoms with Crippen LogP contribution >= 0.6 is 11.6 Å². The Kier molecular flexibility index (Phi) is 8.77. The number of amides is 2. The summed E-state index contributed by atoms with van der Waals surface area (Å²) in [6.45, 7) is 4.68. The monoisotopic (exact) mass is 582 g/mol. The molecule has 14 heteroatoms. The summed E-state index contributed by atoms with van der Waals surface area (Å²) in [7, 11) is 3.53. The number of halogens is 1. The van der Waals surface area contributed by atoms with Gasteiger partial charge in [-0.2, -0.15) is 0 Å². The van der Waals surface area contributed by atoms with E-state index in [0.717, 1.165) is 29.0 Å². The molecule has 13 nitrogen and oxygen atoms in total. The van der Waals surface area contributed by atoms with Crippen molar-refractivity contribution in [1.29, 1.82) is 0 Å². The molecule has 3 heterocycles. The zero-order chi connectivity index (χ0) is 29.8. The number of aryl methyl sites for hydroxylation is 3. The highest BCUT2D eigenvalue weighted by atomic mass is 35.5. The number of likely N-dealkylation sites (N-methyl/N-ethyl adjacent to an activating group) is 1. The summed E-state index contributed by atoms with van der Waals surface area (Å²) in [6.07, 6.45) is 0.838. The van der Waals surface area contributed by atoms with E-state index in [4.69, 9.17) is 27.8 Å². The van der Waals surface area contributed by atoms with Crippen molar-refractivity contribution in [2.24, 2.45) is 7.05 Å². The number of ether oxygens (including phenoxy) is 1. The van der Waals surface area contributed by atoms with E-state index in [-0.39, 0.29) is 53.8 Å². The topological polar surface area (TPSA) is 178 Å². The molecule has 0 bridgehead atoms. The number of aromatic hydroxyl groups is 1. The quantitative estimate of drug-likeness (QED) is 0.203. The van der Waals surface area contributed by atoms with Crippen molar-refractivity contribution in [1.82, 2.24) is 29.7 Å². The van der Waals surface area contributed by atoms with Crippen molar-refractivity contribution in [2.45, 2.75) is 39.9 Å². The van der Waals surface area contributed by atoms with Gasteiger partial charge in [-0.1, -0.05) is 18.5 Å². The van der Waals surface area contributed by atoms with Crippen LogP contribution in [0.15, 0.2) is 30.3 Å². The van der Waals surface area contributed by atoms with Gasteiger partial charge in [-0.3, -0.25) is 14.6 Å². The van der Waals surface area contributed by atoms with Crippen LogP contribution in [0.2, 0.25) is 5.15 Å². The van der Waals surface area contributed by atoms with E-state index in [9.17, 15) is 14.7 Å². The molecule has 0 spiro atoms. The largest absolute Gasteiger partial charge is 0.506 e. The van der Waals surface area contributed by atoms with Gasteiger partial charge >= 0.3 is 0 Å². The number of nitrogens with one attached hydrogen (secondary N) is 1. The predicted molar refractivity (Wildman–Crippen MR) is 153 cm³/mol. The Morgan fingerprint density at radius 2 is 1.93 bits per heavy atom. The molecule has 0 atom stereocenters. The van der Waals surface area contributed by atoms with E-state index in [2.05, 4.69) is 31.8 Å². The lowest BCUT2D eigenvalue weighted by molar-refractivity contribution is -0.654. The number of nitrogen functional groups attached to an aromatic ring is 2. The van der Waals surface area contributed by atoms with Gasteiger partial charge in [-0.05, 0) is 37.6 Å². The van der Waals surface area contributed by atoms with Crippen LogP contribution in [0.25, 0.3) is 11.0 Å². The number of carbonyl (C=O) groups excluding carboxylic acids is 2. The number of anilines is 2. The van der Waals surface area contributed by atoms with E-state index in [0.29, 0.717) is 18.0 Å². The Morgan fingerprint density at radius 1 is 1.17 bits per heavy atom. The Bertz CT molecular complexity index is 1620. The molecule has 2 amide bonds. The highest BCUT2D eigenvalue weighted by molar-refractivity contribution is 6.31. The number of nitrogens with two attached hydrogens (primary N) is 2. The fraction of sp³-hybridized carbons (Fsp3) is 0.333. The van der Waals surface area contributed by atoms with Crippen molar-refractivity contribution in [3.63, 3.8) is 0 Å². The van der Waals surface area contributed by atoms with Gasteiger partial charge in [0.05, 0.1) is 20.1 Å². The molecule has 0 unspecified atom stereocenters. The first-order valence-electron chi connectivity index (χ1n) is 12.9. The molecule has 6 N–H and O–H groups in total. The van der Waals surface area contributed by atoms with Crippen molar-refractivity contribution < 1.29 is 24.0 Å². The molecule has 0 aliphatic heterocycles. The van der Waals surface area contributed by atoms with Gasteiger partial charge in [-0.15, -0.1) is 0 Å². The third-order valence-corrected chi connectivity index (χ3v) is 6.81. The number of hydrogen-bond acceptors (Lipinski definition) is 9. The number of imidazole rings is 1. The molecule has 0 aliphatic carbocycles. The maximum absolute atomic E-state index is 12.8. The van der Waals surface area contributed by atoms with E-state index in [1.807, 2.05) is 30.7 Å². The summed E-state index contributed by atoms with van der Waals surface area (Å²) in [6, 6.07) is 8.81. The molecule has 0 aliphatic rings. The average molecular weight is 583 g/mol. The molecule has 216 valence electrons. The van der Waals surface area contributed by atoms with Crippen LogP contribution in [0.1, 0.15) is 41.0 Å². The number of pyridine rings is 1. The maximum atomic E-state index is 12.8. The Labute approximate surface area is 241 Å². The fourth-order valence-electron chi connectivity index (χ4n) is 4.38. The smallest absolute Gasteiger partial charge is 0.276 e. The van der Waals surface area contributed by atoms with Crippen LogP contribution in [-0.4, -0.2) is 55.0 Å². The summed E-state index contributed by atoms with van der Waals surface area (Å²) in [5.41, 5.74) is 14.3. The van der Waals surface area contributed by atoms with Crippen LogP contribution < -0.4 is 26.1 Å². The van der Waals surface area contributed by atoms with Gasteiger partial charge in [0.2, 0.25) is 0 Å². The third-order valence-electron chi connectivity index (χ3n) is 6.54. The van der Waals surface area contributed by atoms with Crippen LogP contribution in [0.4, 0.5) is 11.6 Å². The van der Waals surface area contributed by atoms with Crippen molar-refractivity contribution >= 4 is 46.1 Å². The molecular weight excluding hydrogens is 550 g/mol. The minimum atomic E-state index is -0.536. The second-order valence-corrected chi connectivity index (χ2v) is 9.91. The molecule has 0 saturated heterocycles. The molecule has 0 saturated carbocycles. The highest BCUT2D eigenvalue weighted by Crippen LogP contribution is 2.23. The summed E-state index contributed by atoms with van der Waals surface area (Å²) in [5, 5.41) is 12.8. The second kappa shape index (κ2) is 12.3. The first kappa shape index (κ1) is 29.3. The second-order valence-electron chi connectivity index (χ2n) is 9.55. The molecule has 4 rings (SSSR count). The fourth-order valence-corrected chi connectivity index (χ4v) is 4.51. The van der Waals surface area contributed by atoms with E-state index in [1.54, 1.807) is 25.2 Å². The van der Waals surface area contributed by atoms with Gasteiger partial charge in [0, 0.05) is 18.8 Å². The lowest BCUT2D eigenvalue weighted by Gasteiger charge is -2.18. The molecule has 41 heavy (non-hydrogen) atoms. The maximum Gasteiger partial charge on any atom is 0.276 e. The summed E-state index contributed by atoms with van der Waals surface area (Å²) in [4.78, 5) is 39.1. The zero-order valence-electron chi connectivity index (χ0n) is 23.3. The predicted octanol–water partition coefficient (Wildman–Crippen LogP) is 1.86. The molecule has 0 radical (unpaired) electrons. The standard InChI is InChI=1S/C27H32ClN9O4/c1-5-10-37-19-11-16(41-14-22(39)35(3)13-17-20(38)9-6-15(2)32-17)7-8-18(19)36(4)21(37)12-31-27(40)23-25(29)34-26(30)24(28)33-23/h6-9,11H,5,10,12-14H2,1-4H3,(H5-,29,30,31,34,38,40)/p+1. The number of nitrogens with zero attached hydrogens (tertiary/aromatic N) is 6. The van der Waals surface area contributed by atoms with Gasteiger partial charge in [-0.25, -0.2) is 19.1 Å². The minimum absolute atomic E-state index is 0.0341. The van der Waals surface area contributed by atoms with Crippen LogP contribution in [-0.2, 0) is 31.5 Å². The zero-order valence-corrected chi connectivity index (χ0v) is 24.1. The van der Waals surface area contributed by atoms with Crippen molar-refractivity contribution in [2.75, 3.05) is 25.1 Å². The molecule has 0 fully saturated rings. The lowest BCUT2D eigenvalue weighted by atomic mass is 10.2. The molecule has 4 aromatic rings. The van der Waals surface area contributed by atoms with E-state index >= 15 is 0 Å². The van der Waals surface area contributed by atoms with E-state index < -0.39 is 5.91 Å². The SMILES string of the molecule is CCCn1c(CNC(=O)c2nc(Cl)c(N)nc2N)[n+](C)c2ccc(OCC(=O)N(C)Cc3nc(C)ccc3O)cc21. The minimum Gasteiger partial charge on any atom is -0.506 e. The normalized spacial score (nSPS) is 11.0. The molecular formula is C27H33ClN9O4+. The first-order chi connectivity index (χ1) is 19.5. The number of carbonyl (C=O) groups is 2. The summed E-state index contributed by atoms with van der Waals surface area (Å²) < 4.78 is 9.89. The van der Waals surface area contributed by atoms with Gasteiger partial charge in [0.1, 0.15) is 23.7 Å². The molecule has 3 aromatic heterocycles. The van der Waals surface area contributed by atoms with Crippen molar-refractivity contribution in [3.8, 4) is 11.5 Å². The van der Waals surface area contributed by atoms with Crippen LogP contribution in [0, 0.1) is 6.92 Å².